The van der Waals surface area contributed by atoms with Gasteiger partial charge in [-0.15, -0.1) is 5.10 Å². The fourth-order valence-corrected chi connectivity index (χ4v) is 1.69. The zero-order valence-corrected chi connectivity index (χ0v) is 8.86. The van der Waals surface area contributed by atoms with E-state index in [-0.39, 0.29) is 5.69 Å². The van der Waals surface area contributed by atoms with Gasteiger partial charge in [0.05, 0.1) is 6.54 Å². The fraction of sp³-hybridized carbons (Fsp3) is 0.250. The van der Waals surface area contributed by atoms with Gasteiger partial charge in [-0.1, -0.05) is 4.49 Å². The molecular formula is C8H9N5OS. The second-order valence-corrected chi connectivity index (χ2v) is 3.58. The number of nitrogens with zero attached hydrogens (tertiary/aromatic N) is 4. The molecule has 2 rings (SSSR count). The first-order chi connectivity index (χ1) is 7.31. The van der Waals surface area contributed by atoms with Crippen molar-refractivity contribution >= 4 is 16.5 Å². The molecule has 7 heteroatoms. The normalized spacial score (nSPS) is 10.2. The van der Waals surface area contributed by atoms with Gasteiger partial charge in [-0.3, -0.25) is 4.57 Å². The van der Waals surface area contributed by atoms with Crippen molar-refractivity contribution in [3.05, 3.63) is 34.6 Å². The highest BCUT2D eigenvalue weighted by Gasteiger charge is 2.07. The summed E-state index contributed by atoms with van der Waals surface area (Å²) in [7, 11) is 1.80. The van der Waals surface area contributed by atoms with Gasteiger partial charge in [0.25, 0.3) is 0 Å². The minimum absolute atomic E-state index is 0.285. The maximum atomic E-state index is 11.3. The molecule has 1 N–H and O–H groups in total. The Labute approximate surface area is 89.8 Å². The molecule has 0 fully saturated rings. The Bertz CT molecular complexity index is 505. The molecule has 0 aliphatic heterocycles. The summed E-state index contributed by atoms with van der Waals surface area (Å²) < 4.78 is 5.30. The summed E-state index contributed by atoms with van der Waals surface area (Å²) in [5.41, 5.74) is 0.463. The van der Waals surface area contributed by atoms with Crippen molar-refractivity contribution in [2.45, 2.75) is 6.54 Å². The minimum Gasteiger partial charge on any atom is -0.377 e. The van der Waals surface area contributed by atoms with Gasteiger partial charge in [-0.05, 0) is 6.07 Å². The van der Waals surface area contributed by atoms with Crippen LogP contribution in [-0.4, -0.2) is 26.2 Å². The Morgan fingerprint density at radius 1 is 1.60 bits per heavy atom. The van der Waals surface area contributed by atoms with Crippen molar-refractivity contribution in [1.29, 1.82) is 0 Å². The monoisotopic (exact) mass is 223 g/mol. The molecule has 0 atom stereocenters. The van der Waals surface area contributed by atoms with Crippen molar-refractivity contribution in [3.63, 3.8) is 0 Å². The number of rotatable bonds is 3. The number of anilines is 1. The summed E-state index contributed by atoms with van der Waals surface area (Å²) in [5, 5.41) is 7.78. The van der Waals surface area contributed by atoms with E-state index in [4.69, 9.17) is 0 Å². The average molecular weight is 223 g/mol. The van der Waals surface area contributed by atoms with Crippen molar-refractivity contribution in [3.8, 4) is 0 Å². The number of nitrogens with one attached hydrogen (secondary N) is 1. The molecule has 78 valence electrons. The molecule has 0 aliphatic rings. The van der Waals surface area contributed by atoms with Crippen LogP contribution in [0.4, 0.5) is 5.00 Å². The molecule has 0 bridgehead atoms. The van der Waals surface area contributed by atoms with Crippen LogP contribution in [0.5, 0.6) is 0 Å². The van der Waals surface area contributed by atoms with E-state index in [2.05, 4.69) is 19.9 Å². The molecule has 0 radical (unpaired) electrons. The molecule has 0 saturated carbocycles. The highest BCUT2D eigenvalue weighted by Crippen LogP contribution is 2.16. The first kappa shape index (κ1) is 9.78. The zero-order valence-electron chi connectivity index (χ0n) is 8.04. The Morgan fingerprint density at radius 3 is 3.20 bits per heavy atom. The summed E-state index contributed by atoms with van der Waals surface area (Å²) >= 11 is 1.27. The van der Waals surface area contributed by atoms with E-state index >= 15 is 0 Å². The predicted octanol–water partition coefficient (Wildman–Crippen LogP) is 0.185. The molecule has 15 heavy (non-hydrogen) atoms. The Balaban J connectivity index is 2.30. The summed E-state index contributed by atoms with van der Waals surface area (Å²) in [6, 6.07) is 1.71. The molecule has 2 aromatic rings. The quantitative estimate of drug-likeness (QED) is 0.803. The third-order valence-electron chi connectivity index (χ3n) is 1.89. The highest BCUT2D eigenvalue weighted by molar-refractivity contribution is 7.10. The molecule has 0 aliphatic carbocycles. The van der Waals surface area contributed by atoms with Gasteiger partial charge in [-0.25, -0.2) is 9.78 Å². The number of hydrogen-bond acceptors (Lipinski definition) is 6. The molecule has 0 amide bonds. The van der Waals surface area contributed by atoms with Crippen LogP contribution in [0.15, 0.2) is 23.3 Å². The van der Waals surface area contributed by atoms with Crippen molar-refractivity contribution < 1.29 is 0 Å². The van der Waals surface area contributed by atoms with Crippen molar-refractivity contribution in [2.24, 2.45) is 0 Å². The molecule has 0 aromatic carbocycles. The molecular weight excluding hydrogens is 214 g/mol. The second kappa shape index (κ2) is 4.18. The van der Waals surface area contributed by atoms with E-state index in [1.807, 2.05) is 0 Å². The van der Waals surface area contributed by atoms with E-state index in [9.17, 15) is 4.79 Å². The topological polar surface area (TPSA) is 72.7 Å². The molecule has 6 nitrogen and oxygen atoms in total. The first-order valence-electron chi connectivity index (χ1n) is 4.31. The van der Waals surface area contributed by atoms with E-state index < -0.39 is 0 Å². The van der Waals surface area contributed by atoms with Crippen LogP contribution in [0.3, 0.4) is 0 Å². The van der Waals surface area contributed by atoms with E-state index in [0.29, 0.717) is 6.54 Å². The zero-order chi connectivity index (χ0) is 10.7. The van der Waals surface area contributed by atoms with E-state index in [1.165, 1.54) is 22.3 Å². The predicted molar refractivity (Wildman–Crippen MR) is 57.1 cm³/mol. The minimum atomic E-state index is -0.285. The number of aromatic nitrogens is 4. The van der Waals surface area contributed by atoms with Gasteiger partial charge in [-0.2, -0.15) is 0 Å². The van der Waals surface area contributed by atoms with E-state index in [0.717, 1.165) is 10.7 Å². The van der Waals surface area contributed by atoms with Crippen LogP contribution >= 0.6 is 11.5 Å². The first-order valence-corrected chi connectivity index (χ1v) is 5.09. The van der Waals surface area contributed by atoms with E-state index in [1.54, 1.807) is 19.3 Å². The van der Waals surface area contributed by atoms with Crippen LogP contribution in [0, 0.1) is 0 Å². The maximum Gasteiger partial charge on any atom is 0.347 e. The fourth-order valence-electron chi connectivity index (χ4n) is 1.17. The smallest absolute Gasteiger partial charge is 0.347 e. The molecule has 2 heterocycles. The van der Waals surface area contributed by atoms with Crippen molar-refractivity contribution in [1.82, 2.24) is 19.1 Å². The standard InChI is InChI=1S/C8H9N5OS/c1-9-7-6(11-12-15-7)5-13-4-2-3-10-8(13)14/h2-4,9H,5H2,1H3. The van der Waals surface area contributed by atoms with Gasteiger partial charge < -0.3 is 5.32 Å². The second-order valence-electron chi connectivity index (χ2n) is 2.83. The Morgan fingerprint density at radius 2 is 2.47 bits per heavy atom. The largest absolute Gasteiger partial charge is 0.377 e. The third kappa shape index (κ3) is 2.01. The molecule has 0 saturated heterocycles. The lowest BCUT2D eigenvalue weighted by molar-refractivity contribution is 0.709. The summed E-state index contributed by atoms with van der Waals surface area (Å²) in [6.07, 6.45) is 3.14. The van der Waals surface area contributed by atoms with Gasteiger partial charge in [0.15, 0.2) is 0 Å². The maximum absolute atomic E-state index is 11.3. The summed E-state index contributed by atoms with van der Waals surface area (Å²) in [4.78, 5) is 15.0. The van der Waals surface area contributed by atoms with Crippen LogP contribution in [0.1, 0.15) is 5.69 Å². The van der Waals surface area contributed by atoms with Crippen LogP contribution in [-0.2, 0) is 6.54 Å². The third-order valence-corrected chi connectivity index (χ3v) is 2.67. The summed E-state index contributed by atoms with van der Waals surface area (Å²) in [5.74, 6) is 0. The Kier molecular flexibility index (Phi) is 2.72. The Hall–Kier alpha value is -1.76. The van der Waals surface area contributed by atoms with Gasteiger partial charge in [0, 0.05) is 31.0 Å². The molecule has 0 unspecified atom stereocenters. The summed E-state index contributed by atoms with van der Waals surface area (Å²) in [6.45, 7) is 0.388. The van der Waals surface area contributed by atoms with Gasteiger partial charge in [0.1, 0.15) is 10.7 Å². The highest BCUT2D eigenvalue weighted by atomic mass is 32.1. The average Bonchev–Trinajstić information content (AvgIpc) is 2.69. The van der Waals surface area contributed by atoms with Crippen LogP contribution in [0.2, 0.25) is 0 Å². The SMILES string of the molecule is CNc1snnc1Cn1cccnc1=O. The van der Waals surface area contributed by atoms with Crippen LogP contribution in [0.25, 0.3) is 0 Å². The van der Waals surface area contributed by atoms with Crippen molar-refractivity contribution in [2.75, 3.05) is 12.4 Å². The molecule has 2 aromatic heterocycles. The van der Waals surface area contributed by atoms with Crippen LogP contribution < -0.4 is 11.0 Å². The molecule has 0 spiro atoms. The lowest BCUT2D eigenvalue weighted by Gasteiger charge is -2.02. The van der Waals surface area contributed by atoms with Gasteiger partial charge >= 0.3 is 5.69 Å². The number of hydrogen-bond donors (Lipinski definition) is 1. The van der Waals surface area contributed by atoms with Gasteiger partial charge in [0.2, 0.25) is 0 Å². The lowest BCUT2D eigenvalue weighted by Crippen LogP contribution is -2.22. The lowest BCUT2D eigenvalue weighted by atomic mass is 10.4.